The molecular formula is C16H22N2O. The number of carbonyl (C=O) groups excluding carboxylic acids is 1. The summed E-state index contributed by atoms with van der Waals surface area (Å²) < 4.78 is 0. The zero-order chi connectivity index (χ0) is 13.2. The molecule has 0 saturated heterocycles. The summed E-state index contributed by atoms with van der Waals surface area (Å²) in [5.41, 5.74) is 1.64. The first-order chi connectivity index (χ1) is 9.28. The largest absolute Gasteiger partial charge is 0.387 e. The number of hydrogen-bond donors (Lipinski definition) is 2. The lowest BCUT2D eigenvalue weighted by Gasteiger charge is -2.22. The zero-order valence-corrected chi connectivity index (χ0v) is 11.5. The van der Waals surface area contributed by atoms with Crippen molar-refractivity contribution in [3.8, 4) is 0 Å². The number of carbonyl (C=O) groups is 1. The number of amides is 1. The van der Waals surface area contributed by atoms with E-state index in [-0.39, 0.29) is 5.91 Å². The van der Waals surface area contributed by atoms with E-state index in [1.54, 1.807) is 0 Å². The lowest BCUT2D eigenvalue weighted by atomic mass is 9.89. The number of nitrogens with one attached hydrogen (secondary N) is 2. The van der Waals surface area contributed by atoms with Gasteiger partial charge in [-0.3, -0.25) is 4.79 Å². The minimum absolute atomic E-state index is 0.0488. The zero-order valence-electron chi connectivity index (χ0n) is 11.5. The van der Waals surface area contributed by atoms with Crippen molar-refractivity contribution in [1.82, 2.24) is 5.32 Å². The van der Waals surface area contributed by atoms with E-state index in [9.17, 15) is 4.79 Å². The van der Waals surface area contributed by atoms with Gasteiger partial charge in [-0.05, 0) is 49.1 Å². The van der Waals surface area contributed by atoms with Crippen molar-refractivity contribution in [2.75, 3.05) is 18.9 Å². The van der Waals surface area contributed by atoms with Crippen LogP contribution in [0.3, 0.4) is 0 Å². The third-order valence-corrected chi connectivity index (χ3v) is 4.85. The smallest absolute Gasteiger partial charge is 0.253 e. The van der Waals surface area contributed by atoms with Crippen LogP contribution in [0.1, 0.15) is 36.0 Å². The van der Waals surface area contributed by atoms with Crippen molar-refractivity contribution in [2.24, 2.45) is 17.8 Å². The number of hydrogen-bond acceptors (Lipinski definition) is 2. The fourth-order valence-corrected chi connectivity index (χ4v) is 3.84. The van der Waals surface area contributed by atoms with E-state index in [4.69, 9.17) is 0 Å². The van der Waals surface area contributed by atoms with Gasteiger partial charge in [-0.1, -0.05) is 18.6 Å². The molecule has 2 aliphatic rings. The van der Waals surface area contributed by atoms with Crippen LogP contribution < -0.4 is 10.6 Å². The molecule has 2 aliphatic carbocycles. The van der Waals surface area contributed by atoms with E-state index in [1.165, 1.54) is 25.7 Å². The number of anilines is 1. The molecule has 1 amide bonds. The predicted molar refractivity (Wildman–Crippen MR) is 77.3 cm³/mol. The van der Waals surface area contributed by atoms with Crippen LogP contribution in [0.5, 0.6) is 0 Å². The summed E-state index contributed by atoms with van der Waals surface area (Å²) in [5, 5.41) is 6.19. The van der Waals surface area contributed by atoms with Crippen molar-refractivity contribution < 1.29 is 4.79 Å². The molecular weight excluding hydrogens is 236 g/mol. The first-order valence-corrected chi connectivity index (χ1v) is 7.33. The first kappa shape index (κ1) is 12.5. The second-order valence-corrected chi connectivity index (χ2v) is 5.94. The molecule has 0 aliphatic heterocycles. The van der Waals surface area contributed by atoms with Crippen LogP contribution >= 0.6 is 0 Å². The Balaban J connectivity index is 1.59. The Labute approximate surface area is 114 Å². The molecule has 1 aromatic rings. The molecule has 2 N–H and O–H groups in total. The van der Waals surface area contributed by atoms with Gasteiger partial charge in [0, 0.05) is 19.3 Å². The van der Waals surface area contributed by atoms with Gasteiger partial charge in [0.2, 0.25) is 0 Å². The molecule has 3 rings (SSSR count). The minimum Gasteiger partial charge on any atom is -0.387 e. The molecule has 3 heteroatoms. The SMILES string of the molecule is CNc1ccccc1C(=O)NCC1CC2CCC1C2. The van der Waals surface area contributed by atoms with Crippen LogP contribution in [0.4, 0.5) is 5.69 Å². The third-order valence-electron chi connectivity index (χ3n) is 4.85. The summed E-state index contributed by atoms with van der Waals surface area (Å²) in [4.78, 5) is 12.2. The van der Waals surface area contributed by atoms with E-state index >= 15 is 0 Å². The molecule has 0 spiro atoms. The monoisotopic (exact) mass is 258 g/mol. The van der Waals surface area contributed by atoms with Gasteiger partial charge < -0.3 is 10.6 Å². The van der Waals surface area contributed by atoms with Crippen LogP contribution in [-0.2, 0) is 0 Å². The third kappa shape index (κ3) is 2.46. The summed E-state index contributed by atoms with van der Waals surface area (Å²) in [6, 6.07) is 7.67. The molecule has 102 valence electrons. The van der Waals surface area contributed by atoms with Crippen LogP contribution in [0.2, 0.25) is 0 Å². The van der Waals surface area contributed by atoms with Crippen molar-refractivity contribution in [1.29, 1.82) is 0 Å². The van der Waals surface area contributed by atoms with Gasteiger partial charge in [-0.2, -0.15) is 0 Å². The molecule has 3 nitrogen and oxygen atoms in total. The molecule has 0 radical (unpaired) electrons. The predicted octanol–water partition coefficient (Wildman–Crippen LogP) is 2.89. The molecule has 2 saturated carbocycles. The summed E-state index contributed by atoms with van der Waals surface area (Å²) in [7, 11) is 1.85. The highest BCUT2D eigenvalue weighted by Gasteiger charge is 2.39. The Hall–Kier alpha value is -1.51. The van der Waals surface area contributed by atoms with Gasteiger partial charge in [0.1, 0.15) is 0 Å². The second-order valence-electron chi connectivity index (χ2n) is 5.94. The highest BCUT2D eigenvalue weighted by atomic mass is 16.1. The van der Waals surface area contributed by atoms with E-state index in [0.29, 0.717) is 5.92 Å². The summed E-state index contributed by atoms with van der Waals surface area (Å²) >= 11 is 0. The number of rotatable bonds is 4. The van der Waals surface area contributed by atoms with E-state index < -0.39 is 0 Å². The van der Waals surface area contributed by atoms with Crippen molar-refractivity contribution in [2.45, 2.75) is 25.7 Å². The number of fused-ring (bicyclic) bond motifs is 2. The van der Waals surface area contributed by atoms with Crippen LogP contribution in [0, 0.1) is 17.8 Å². The van der Waals surface area contributed by atoms with E-state index in [2.05, 4.69) is 10.6 Å². The fourth-order valence-electron chi connectivity index (χ4n) is 3.84. The maximum Gasteiger partial charge on any atom is 0.253 e. The molecule has 3 unspecified atom stereocenters. The van der Waals surface area contributed by atoms with Crippen LogP contribution in [-0.4, -0.2) is 19.5 Å². The number of para-hydroxylation sites is 1. The molecule has 3 atom stereocenters. The lowest BCUT2D eigenvalue weighted by molar-refractivity contribution is 0.0942. The average Bonchev–Trinajstić information content (AvgIpc) is 3.07. The summed E-state index contributed by atoms with van der Waals surface area (Å²) in [5.74, 6) is 2.57. The Morgan fingerprint density at radius 3 is 2.79 bits per heavy atom. The minimum atomic E-state index is 0.0488. The topological polar surface area (TPSA) is 41.1 Å². The van der Waals surface area contributed by atoms with Gasteiger partial charge in [0.15, 0.2) is 0 Å². The molecule has 1 aromatic carbocycles. The standard InChI is InChI=1S/C16H22N2O/c1-17-15-5-3-2-4-14(15)16(19)18-10-13-9-11-6-7-12(13)8-11/h2-5,11-13,17H,6-10H2,1H3,(H,18,19). The lowest BCUT2D eigenvalue weighted by Crippen LogP contribution is -2.31. The van der Waals surface area contributed by atoms with Crippen LogP contribution in [0.15, 0.2) is 24.3 Å². The van der Waals surface area contributed by atoms with E-state index in [0.717, 1.165) is 29.6 Å². The van der Waals surface area contributed by atoms with Gasteiger partial charge in [-0.15, -0.1) is 0 Å². The quantitative estimate of drug-likeness (QED) is 0.872. The second kappa shape index (κ2) is 5.24. The Bertz CT molecular complexity index is 472. The van der Waals surface area contributed by atoms with Crippen molar-refractivity contribution in [3.05, 3.63) is 29.8 Å². The fraction of sp³-hybridized carbons (Fsp3) is 0.562. The highest BCUT2D eigenvalue weighted by molar-refractivity contribution is 5.99. The molecule has 0 heterocycles. The highest BCUT2D eigenvalue weighted by Crippen LogP contribution is 2.47. The van der Waals surface area contributed by atoms with Gasteiger partial charge in [0.25, 0.3) is 5.91 Å². The van der Waals surface area contributed by atoms with Gasteiger partial charge in [0.05, 0.1) is 5.56 Å². The molecule has 19 heavy (non-hydrogen) atoms. The molecule has 2 fully saturated rings. The maximum atomic E-state index is 12.2. The summed E-state index contributed by atoms with van der Waals surface area (Å²) in [6.07, 6.45) is 5.50. The van der Waals surface area contributed by atoms with Gasteiger partial charge >= 0.3 is 0 Å². The Morgan fingerprint density at radius 1 is 1.26 bits per heavy atom. The number of benzene rings is 1. The van der Waals surface area contributed by atoms with Crippen molar-refractivity contribution in [3.63, 3.8) is 0 Å². The maximum absolute atomic E-state index is 12.2. The summed E-state index contributed by atoms with van der Waals surface area (Å²) in [6.45, 7) is 0.845. The average molecular weight is 258 g/mol. The van der Waals surface area contributed by atoms with Crippen LogP contribution in [0.25, 0.3) is 0 Å². The normalized spacial score (nSPS) is 28.4. The Kier molecular flexibility index (Phi) is 3.45. The van der Waals surface area contributed by atoms with E-state index in [1.807, 2.05) is 31.3 Å². The molecule has 0 aromatic heterocycles. The first-order valence-electron chi connectivity index (χ1n) is 7.33. The molecule has 2 bridgehead atoms. The van der Waals surface area contributed by atoms with Gasteiger partial charge in [-0.25, -0.2) is 0 Å². The Morgan fingerprint density at radius 2 is 2.11 bits per heavy atom. The van der Waals surface area contributed by atoms with Crippen molar-refractivity contribution >= 4 is 11.6 Å².